The quantitative estimate of drug-likeness (QED) is 0.630. The molecule has 0 spiro atoms. The summed E-state index contributed by atoms with van der Waals surface area (Å²) in [5.74, 6) is 0. The molecule has 0 aromatic carbocycles. The van der Waals surface area contributed by atoms with E-state index in [9.17, 15) is 10.2 Å². The molecule has 0 saturated heterocycles. The van der Waals surface area contributed by atoms with Crippen LogP contribution in [-0.2, 0) is 0 Å². The van der Waals surface area contributed by atoms with Gasteiger partial charge in [0.25, 0.3) is 0 Å². The van der Waals surface area contributed by atoms with Crippen LogP contribution < -0.4 is 0 Å². The van der Waals surface area contributed by atoms with E-state index in [1.165, 1.54) is 6.08 Å². The Bertz CT molecular complexity index is 173. The molecule has 0 aliphatic heterocycles. The maximum atomic E-state index is 9.47. The average Bonchev–Trinajstić information content (AvgIpc) is 1.84. The zero-order valence-electron chi connectivity index (χ0n) is 8.04. The van der Waals surface area contributed by atoms with Gasteiger partial charge in [0.1, 0.15) is 0 Å². The molecule has 2 N–H and O–H groups in total. The van der Waals surface area contributed by atoms with Crippen LogP contribution in [0.3, 0.4) is 0 Å². The van der Waals surface area contributed by atoms with Crippen molar-refractivity contribution in [1.82, 2.24) is 0 Å². The first kappa shape index (κ1) is 11.4. The molecule has 0 amide bonds. The molecule has 0 unspecified atom stereocenters. The molecule has 0 rings (SSSR count). The fourth-order valence-corrected chi connectivity index (χ4v) is 0.669. The third-order valence-corrected chi connectivity index (χ3v) is 1.50. The molecule has 1 atom stereocenters. The smallest absolute Gasteiger partial charge is 0.0831 e. The second kappa shape index (κ2) is 3.87. The van der Waals surface area contributed by atoms with Gasteiger partial charge in [-0.15, -0.1) is 6.58 Å². The summed E-state index contributed by atoms with van der Waals surface area (Å²) in [5, 5.41) is 18.8. The van der Waals surface area contributed by atoms with Gasteiger partial charge in [0.2, 0.25) is 0 Å². The van der Waals surface area contributed by atoms with Crippen LogP contribution in [0.2, 0.25) is 0 Å². The van der Waals surface area contributed by atoms with Crippen LogP contribution in [0, 0.1) is 0 Å². The molecule has 0 aromatic rings. The zero-order chi connectivity index (χ0) is 9.83. The van der Waals surface area contributed by atoms with Crippen molar-refractivity contribution in [2.45, 2.75) is 38.4 Å². The van der Waals surface area contributed by atoms with E-state index in [-0.39, 0.29) is 0 Å². The van der Waals surface area contributed by atoms with Gasteiger partial charge >= 0.3 is 0 Å². The topological polar surface area (TPSA) is 40.5 Å². The lowest BCUT2D eigenvalue weighted by molar-refractivity contribution is 0.112. The average molecular weight is 170 g/mol. The highest BCUT2D eigenvalue weighted by Crippen LogP contribution is 2.12. The monoisotopic (exact) mass is 170 g/mol. The molecule has 0 saturated carbocycles. The van der Waals surface area contributed by atoms with Crippen molar-refractivity contribution in [3.8, 4) is 0 Å². The second-order valence-corrected chi connectivity index (χ2v) is 3.82. The van der Waals surface area contributed by atoms with Gasteiger partial charge in [-0.05, 0) is 27.2 Å². The Kier molecular flexibility index (Phi) is 3.68. The van der Waals surface area contributed by atoms with Gasteiger partial charge in [-0.1, -0.05) is 18.2 Å². The molecule has 0 aliphatic carbocycles. The molecule has 12 heavy (non-hydrogen) atoms. The molecule has 0 aliphatic rings. The summed E-state index contributed by atoms with van der Waals surface area (Å²) in [6.45, 7) is 8.55. The van der Waals surface area contributed by atoms with E-state index >= 15 is 0 Å². The molecule has 0 radical (unpaired) electrons. The summed E-state index contributed by atoms with van der Waals surface area (Å²) in [6, 6.07) is 0. The molecule has 0 fully saturated rings. The van der Waals surface area contributed by atoms with Crippen LogP contribution in [0.15, 0.2) is 24.8 Å². The van der Waals surface area contributed by atoms with Gasteiger partial charge < -0.3 is 10.2 Å². The maximum Gasteiger partial charge on any atom is 0.0831 e. The highest BCUT2D eigenvalue weighted by atomic mass is 16.3. The number of aliphatic hydroxyl groups is 2. The second-order valence-electron chi connectivity index (χ2n) is 3.82. The summed E-state index contributed by atoms with van der Waals surface area (Å²) in [7, 11) is 0. The lowest BCUT2D eigenvalue weighted by Gasteiger charge is -2.16. The number of hydrogen-bond acceptors (Lipinski definition) is 2. The zero-order valence-corrected chi connectivity index (χ0v) is 8.04. The van der Waals surface area contributed by atoms with E-state index in [0.29, 0.717) is 6.42 Å². The van der Waals surface area contributed by atoms with Gasteiger partial charge in [0.15, 0.2) is 0 Å². The van der Waals surface area contributed by atoms with Crippen LogP contribution in [0.25, 0.3) is 0 Å². The molecular formula is C10H18O2. The van der Waals surface area contributed by atoms with Gasteiger partial charge in [-0.2, -0.15) is 0 Å². The normalized spacial score (nSPS) is 17.8. The number of rotatable bonds is 4. The minimum absolute atomic E-state index is 0.473. The van der Waals surface area contributed by atoms with E-state index < -0.39 is 11.2 Å². The van der Waals surface area contributed by atoms with E-state index in [1.54, 1.807) is 32.9 Å². The van der Waals surface area contributed by atoms with E-state index in [0.717, 1.165) is 0 Å². The highest BCUT2D eigenvalue weighted by molar-refractivity contribution is 5.02. The Morgan fingerprint density at radius 3 is 2.08 bits per heavy atom. The van der Waals surface area contributed by atoms with Crippen molar-refractivity contribution in [2.24, 2.45) is 0 Å². The molecule has 0 bridgehead atoms. The molecule has 70 valence electrons. The van der Waals surface area contributed by atoms with Crippen molar-refractivity contribution in [1.29, 1.82) is 0 Å². The highest BCUT2D eigenvalue weighted by Gasteiger charge is 2.13. The van der Waals surface area contributed by atoms with Crippen LogP contribution in [0.5, 0.6) is 0 Å². The van der Waals surface area contributed by atoms with Crippen LogP contribution in [0.4, 0.5) is 0 Å². The predicted octanol–water partition coefficient (Wildman–Crippen LogP) is 1.64. The predicted molar refractivity (Wildman–Crippen MR) is 50.9 cm³/mol. The third-order valence-electron chi connectivity index (χ3n) is 1.50. The largest absolute Gasteiger partial charge is 0.386 e. The fraction of sp³-hybridized carbons (Fsp3) is 0.600. The van der Waals surface area contributed by atoms with E-state index in [1.807, 2.05) is 0 Å². The molecular weight excluding hydrogens is 152 g/mol. The van der Waals surface area contributed by atoms with Gasteiger partial charge in [-0.3, -0.25) is 0 Å². The SMILES string of the molecule is C=C[C@@](C)(O)C/C=C\C(C)(C)O. The standard InChI is InChI=1S/C10H18O2/c1-5-10(4,12)8-6-7-9(2,3)11/h5-7,11-12H,1,8H2,2-4H3/b7-6-/t10-/m1/s1. The van der Waals surface area contributed by atoms with Crippen molar-refractivity contribution < 1.29 is 10.2 Å². The third kappa shape index (κ3) is 6.13. The van der Waals surface area contributed by atoms with Crippen LogP contribution >= 0.6 is 0 Å². The summed E-state index contributed by atoms with van der Waals surface area (Å²) < 4.78 is 0. The summed E-state index contributed by atoms with van der Waals surface area (Å²) in [5.41, 5.74) is -1.68. The molecule has 0 heterocycles. The van der Waals surface area contributed by atoms with Crippen molar-refractivity contribution in [2.75, 3.05) is 0 Å². The van der Waals surface area contributed by atoms with E-state index in [2.05, 4.69) is 6.58 Å². The maximum absolute atomic E-state index is 9.47. The van der Waals surface area contributed by atoms with Crippen molar-refractivity contribution >= 4 is 0 Å². The Labute approximate surface area is 74.2 Å². The van der Waals surface area contributed by atoms with E-state index in [4.69, 9.17) is 0 Å². The Morgan fingerprint density at radius 1 is 1.25 bits per heavy atom. The molecule has 2 heteroatoms. The fourth-order valence-electron chi connectivity index (χ4n) is 0.669. The van der Waals surface area contributed by atoms with Gasteiger partial charge in [-0.25, -0.2) is 0 Å². The molecule has 2 nitrogen and oxygen atoms in total. The summed E-state index contributed by atoms with van der Waals surface area (Å²) in [4.78, 5) is 0. The summed E-state index contributed by atoms with van der Waals surface area (Å²) >= 11 is 0. The minimum Gasteiger partial charge on any atom is -0.386 e. The number of hydrogen-bond donors (Lipinski definition) is 2. The Balaban J connectivity index is 3.99. The lowest BCUT2D eigenvalue weighted by Crippen LogP contribution is -2.20. The Morgan fingerprint density at radius 2 is 1.75 bits per heavy atom. The van der Waals surface area contributed by atoms with Crippen molar-refractivity contribution in [3.05, 3.63) is 24.8 Å². The van der Waals surface area contributed by atoms with Crippen molar-refractivity contribution in [3.63, 3.8) is 0 Å². The van der Waals surface area contributed by atoms with Gasteiger partial charge in [0.05, 0.1) is 11.2 Å². The van der Waals surface area contributed by atoms with Crippen LogP contribution in [0.1, 0.15) is 27.2 Å². The summed E-state index contributed by atoms with van der Waals surface area (Å²) in [6.07, 6.45) is 5.37. The molecule has 0 aromatic heterocycles. The lowest BCUT2D eigenvalue weighted by atomic mass is 10.0. The first-order valence-electron chi connectivity index (χ1n) is 4.03. The Hall–Kier alpha value is -0.600. The van der Waals surface area contributed by atoms with Crippen LogP contribution in [-0.4, -0.2) is 21.4 Å². The first-order valence-corrected chi connectivity index (χ1v) is 4.03. The first-order chi connectivity index (χ1) is 5.27. The minimum atomic E-state index is -0.873. The van der Waals surface area contributed by atoms with Gasteiger partial charge in [0, 0.05) is 0 Å².